The van der Waals surface area contributed by atoms with E-state index >= 15 is 0 Å². The molecule has 1 rings (SSSR count). The van der Waals surface area contributed by atoms with Crippen LogP contribution < -0.4 is 11.5 Å². The van der Waals surface area contributed by atoms with Gasteiger partial charge in [0.15, 0.2) is 0 Å². The lowest BCUT2D eigenvalue weighted by atomic mass is 10.3. The minimum Gasteiger partial charge on any atom is -0.352 e. The molecule has 0 bridgehead atoms. The summed E-state index contributed by atoms with van der Waals surface area (Å²) in [6.45, 7) is 0. The Morgan fingerprint density at radius 2 is 1.60 bits per heavy atom. The van der Waals surface area contributed by atoms with Crippen LogP contribution in [-0.4, -0.2) is 11.7 Å². The van der Waals surface area contributed by atoms with E-state index in [0.29, 0.717) is 0 Å². The van der Waals surface area contributed by atoms with Crippen LogP contribution in [0.4, 0.5) is 4.79 Å². The molecule has 0 saturated heterocycles. The average molecular weight is 143 g/mol. The van der Waals surface area contributed by atoms with Crippen molar-refractivity contribution in [2.75, 3.05) is 0 Å². The minimum absolute atomic E-state index is 0.833. The van der Waals surface area contributed by atoms with Crippen molar-refractivity contribution in [3.05, 3.63) is 0 Å². The summed E-state index contributed by atoms with van der Waals surface area (Å²) >= 11 is 0. The van der Waals surface area contributed by atoms with Gasteiger partial charge >= 0.3 is 6.03 Å². The van der Waals surface area contributed by atoms with Crippen molar-refractivity contribution in [1.82, 2.24) is 0 Å². The molecular weight excluding hydrogens is 130 g/mol. The van der Waals surface area contributed by atoms with Crippen LogP contribution in [0.5, 0.6) is 0 Å². The maximum atomic E-state index is 9.00. The second kappa shape index (κ2) is 4.78. The van der Waals surface area contributed by atoms with Gasteiger partial charge in [-0.05, 0) is 25.7 Å². The van der Waals surface area contributed by atoms with E-state index in [1.165, 1.54) is 12.8 Å². The van der Waals surface area contributed by atoms with E-state index in [4.69, 9.17) is 10.2 Å². The standard InChI is InChI=1S/C5H9N.CH4N2O/c6-5-3-1-2-4-5;2-1(3)4/h6H,1-4H2;(H4,2,3,4). The summed E-state index contributed by atoms with van der Waals surface area (Å²) in [4.78, 5) is 9.00. The molecule has 1 aliphatic carbocycles. The van der Waals surface area contributed by atoms with Crippen LogP contribution in [0.25, 0.3) is 0 Å². The number of carbonyl (C=O) groups is 1. The number of carbonyl (C=O) groups excluding carboxylic acids is 1. The van der Waals surface area contributed by atoms with Gasteiger partial charge in [-0.1, -0.05) is 0 Å². The topological polar surface area (TPSA) is 93.0 Å². The van der Waals surface area contributed by atoms with Crippen LogP contribution in [0.2, 0.25) is 0 Å². The van der Waals surface area contributed by atoms with Crippen LogP contribution in [0.3, 0.4) is 0 Å². The van der Waals surface area contributed by atoms with Crippen molar-refractivity contribution < 1.29 is 4.79 Å². The molecule has 1 aliphatic rings. The van der Waals surface area contributed by atoms with Crippen molar-refractivity contribution in [2.24, 2.45) is 11.5 Å². The molecule has 0 aliphatic heterocycles. The van der Waals surface area contributed by atoms with Crippen molar-refractivity contribution in [3.8, 4) is 0 Å². The van der Waals surface area contributed by atoms with E-state index in [9.17, 15) is 0 Å². The normalized spacial score (nSPS) is 15.8. The molecule has 2 amide bonds. The minimum atomic E-state index is -0.833. The molecule has 0 aromatic heterocycles. The molecule has 0 atom stereocenters. The number of primary amides is 2. The van der Waals surface area contributed by atoms with Gasteiger partial charge in [-0.2, -0.15) is 0 Å². The monoisotopic (exact) mass is 143 g/mol. The zero-order chi connectivity index (χ0) is 7.98. The molecule has 0 radical (unpaired) electrons. The molecule has 0 spiro atoms. The molecule has 1 saturated carbocycles. The Morgan fingerprint density at radius 1 is 1.30 bits per heavy atom. The fourth-order valence-corrected chi connectivity index (χ4v) is 0.802. The van der Waals surface area contributed by atoms with Gasteiger partial charge in [0.25, 0.3) is 0 Å². The van der Waals surface area contributed by atoms with Crippen molar-refractivity contribution in [3.63, 3.8) is 0 Å². The van der Waals surface area contributed by atoms with Crippen LogP contribution in [0.1, 0.15) is 25.7 Å². The predicted molar refractivity (Wildman–Crippen MR) is 40.0 cm³/mol. The summed E-state index contributed by atoms with van der Waals surface area (Å²) in [5.41, 5.74) is 9.45. The molecule has 0 aromatic rings. The highest BCUT2D eigenvalue weighted by molar-refractivity contribution is 5.82. The van der Waals surface area contributed by atoms with Gasteiger partial charge in [0.05, 0.1) is 0 Å². The molecule has 58 valence electrons. The fourth-order valence-electron chi connectivity index (χ4n) is 0.802. The number of nitrogens with one attached hydrogen (secondary N) is 1. The number of nitrogens with two attached hydrogens (primary N) is 2. The van der Waals surface area contributed by atoms with Gasteiger partial charge in [-0.15, -0.1) is 0 Å². The Labute approximate surface area is 60.1 Å². The fraction of sp³-hybridized carbons (Fsp3) is 0.667. The predicted octanol–water partition coefficient (Wildman–Crippen LogP) is 0.604. The first-order valence-electron chi connectivity index (χ1n) is 3.24. The van der Waals surface area contributed by atoms with E-state index < -0.39 is 6.03 Å². The highest BCUT2D eigenvalue weighted by atomic mass is 16.2. The second-order valence-corrected chi connectivity index (χ2v) is 2.21. The van der Waals surface area contributed by atoms with Gasteiger partial charge in [0.2, 0.25) is 0 Å². The van der Waals surface area contributed by atoms with Crippen LogP contribution in [-0.2, 0) is 0 Å². The largest absolute Gasteiger partial charge is 0.352 e. The first-order valence-corrected chi connectivity index (χ1v) is 3.24. The van der Waals surface area contributed by atoms with E-state index in [0.717, 1.165) is 18.6 Å². The zero-order valence-corrected chi connectivity index (χ0v) is 5.89. The molecule has 10 heavy (non-hydrogen) atoms. The third-order valence-corrected chi connectivity index (χ3v) is 1.21. The third kappa shape index (κ3) is 6.94. The maximum Gasteiger partial charge on any atom is 0.309 e. The molecule has 4 nitrogen and oxygen atoms in total. The number of urea groups is 1. The van der Waals surface area contributed by atoms with Crippen LogP contribution in [0.15, 0.2) is 0 Å². The quantitative estimate of drug-likeness (QED) is 0.455. The van der Waals surface area contributed by atoms with E-state index in [2.05, 4.69) is 11.5 Å². The number of hydrogen-bond donors (Lipinski definition) is 3. The van der Waals surface area contributed by atoms with E-state index in [1.54, 1.807) is 0 Å². The molecular formula is C6H13N3O. The molecule has 4 heteroatoms. The van der Waals surface area contributed by atoms with Crippen LogP contribution in [0, 0.1) is 5.41 Å². The highest BCUT2D eigenvalue weighted by Gasteiger charge is 2.03. The summed E-state index contributed by atoms with van der Waals surface area (Å²) in [6, 6.07) is -0.833. The SMILES string of the molecule is N=C1CCCC1.NC(N)=O. The van der Waals surface area contributed by atoms with Gasteiger partial charge in [-0.25, -0.2) is 4.79 Å². The Bertz CT molecular complexity index is 121. The molecule has 0 heterocycles. The van der Waals surface area contributed by atoms with E-state index in [1.807, 2.05) is 0 Å². The first-order chi connectivity index (χ1) is 4.63. The van der Waals surface area contributed by atoms with Gasteiger partial charge < -0.3 is 16.9 Å². The Hall–Kier alpha value is -1.06. The highest BCUT2D eigenvalue weighted by Crippen LogP contribution is 2.11. The summed E-state index contributed by atoms with van der Waals surface area (Å²) < 4.78 is 0. The summed E-state index contributed by atoms with van der Waals surface area (Å²) in [5.74, 6) is 0. The van der Waals surface area contributed by atoms with Crippen molar-refractivity contribution in [2.45, 2.75) is 25.7 Å². The summed E-state index contributed by atoms with van der Waals surface area (Å²) in [5, 5.41) is 7.05. The molecule has 0 unspecified atom stereocenters. The number of rotatable bonds is 0. The zero-order valence-electron chi connectivity index (χ0n) is 5.89. The Balaban J connectivity index is 0.000000180. The lowest BCUT2D eigenvalue weighted by Crippen LogP contribution is -2.18. The van der Waals surface area contributed by atoms with Gasteiger partial charge in [0.1, 0.15) is 0 Å². The first kappa shape index (κ1) is 8.94. The smallest absolute Gasteiger partial charge is 0.309 e. The molecule has 1 fully saturated rings. The Kier molecular flexibility index (Phi) is 4.28. The van der Waals surface area contributed by atoms with Crippen molar-refractivity contribution >= 4 is 11.7 Å². The lowest BCUT2D eigenvalue weighted by Gasteiger charge is -1.77. The Morgan fingerprint density at radius 3 is 1.70 bits per heavy atom. The average Bonchev–Trinajstić information content (AvgIpc) is 2.15. The van der Waals surface area contributed by atoms with Gasteiger partial charge in [-0.3, -0.25) is 0 Å². The van der Waals surface area contributed by atoms with E-state index in [-0.39, 0.29) is 0 Å². The maximum absolute atomic E-state index is 9.00. The second-order valence-electron chi connectivity index (χ2n) is 2.21. The number of amides is 2. The third-order valence-electron chi connectivity index (χ3n) is 1.21. The lowest BCUT2D eigenvalue weighted by molar-refractivity contribution is 0.256. The van der Waals surface area contributed by atoms with Crippen LogP contribution >= 0.6 is 0 Å². The summed E-state index contributed by atoms with van der Waals surface area (Å²) in [6.07, 6.45) is 4.66. The summed E-state index contributed by atoms with van der Waals surface area (Å²) in [7, 11) is 0. The molecule has 5 N–H and O–H groups in total. The molecule has 0 aromatic carbocycles. The number of hydrogen-bond acceptors (Lipinski definition) is 2. The van der Waals surface area contributed by atoms with Gasteiger partial charge in [0, 0.05) is 5.71 Å². The van der Waals surface area contributed by atoms with Crippen molar-refractivity contribution in [1.29, 1.82) is 5.41 Å².